The molecule has 1 aliphatic heterocycles. The van der Waals surface area contributed by atoms with E-state index in [0.29, 0.717) is 13.0 Å². The van der Waals surface area contributed by atoms with E-state index in [-0.39, 0.29) is 17.1 Å². The molecule has 0 amide bonds. The van der Waals surface area contributed by atoms with Crippen molar-refractivity contribution in [1.29, 1.82) is 0 Å². The summed E-state index contributed by atoms with van der Waals surface area (Å²) >= 11 is 1.75. The number of thioether (sulfide) groups is 1. The molecule has 1 heterocycles. The molecule has 100 valence electrons. The van der Waals surface area contributed by atoms with Crippen LogP contribution in [0, 0.1) is 11.8 Å². The molecule has 0 aromatic carbocycles. The molecule has 1 fully saturated rings. The monoisotopic (exact) mass is 260 g/mol. The zero-order chi connectivity index (χ0) is 13.1. The second kappa shape index (κ2) is 6.10. The molecule has 0 spiro atoms. The van der Waals surface area contributed by atoms with E-state index in [9.17, 15) is 9.90 Å². The van der Waals surface area contributed by atoms with Gasteiger partial charge in [-0.2, -0.15) is 11.8 Å². The zero-order valence-electron chi connectivity index (χ0n) is 11.2. The van der Waals surface area contributed by atoms with E-state index in [2.05, 4.69) is 0 Å². The zero-order valence-corrected chi connectivity index (χ0v) is 12.0. The van der Waals surface area contributed by atoms with Gasteiger partial charge in [-0.3, -0.25) is 4.79 Å². The predicted molar refractivity (Wildman–Crippen MR) is 71.1 cm³/mol. The Bertz CT molecular complexity index is 267. The molecule has 1 rings (SSSR count). The fraction of sp³-hybridized carbons (Fsp3) is 0.923. The van der Waals surface area contributed by atoms with Crippen LogP contribution in [0.4, 0.5) is 0 Å². The van der Waals surface area contributed by atoms with Gasteiger partial charge in [0.25, 0.3) is 0 Å². The summed E-state index contributed by atoms with van der Waals surface area (Å²) in [6.07, 6.45) is 1.66. The van der Waals surface area contributed by atoms with Crippen LogP contribution in [0.5, 0.6) is 0 Å². The summed E-state index contributed by atoms with van der Waals surface area (Å²) in [4.78, 5) is 12.0. The Morgan fingerprint density at radius 2 is 2.24 bits per heavy atom. The molecule has 4 heteroatoms. The molecule has 1 aliphatic rings. The normalized spacial score (nSPS) is 31.3. The van der Waals surface area contributed by atoms with Crippen molar-refractivity contribution in [2.24, 2.45) is 11.8 Å². The summed E-state index contributed by atoms with van der Waals surface area (Å²) in [6, 6.07) is 0. The van der Waals surface area contributed by atoms with Crippen molar-refractivity contribution in [3.63, 3.8) is 0 Å². The van der Waals surface area contributed by atoms with Crippen LogP contribution in [0.2, 0.25) is 0 Å². The highest BCUT2D eigenvalue weighted by molar-refractivity contribution is 8.00. The van der Waals surface area contributed by atoms with Gasteiger partial charge < -0.3 is 9.84 Å². The van der Waals surface area contributed by atoms with Gasteiger partial charge >= 0.3 is 5.97 Å². The molecule has 0 radical (unpaired) electrons. The average Bonchev–Trinajstić information content (AvgIpc) is 2.22. The van der Waals surface area contributed by atoms with Crippen molar-refractivity contribution in [1.82, 2.24) is 0 Å². The lowest BCUT2D eigenvalue weighted by Crippen LogP contribution is -2.53. The maximum Gasteiger partial charge on any atom is 0.312 e. The molecule has 0 bridgehead atoms. The van der Waals surface area contributed by atoms with Crippen LogP contribution in [0.1, 0.15) is 40.5 Å². The van der Waals surface area contributed by atoms with E-state index in [4.69, 9.17) is 4.74 Å². The highest BCUT2D eigenvalue weighted by atomic mass is 32.2. The van der Waals surface area contributed by atoms with Gasteiger partial charge in [-0.25, -0.2) is 0 Å². The van der Waals surface area contributed by atoms with E-state index in [1.807, 2.05) is 20.8 Å². The minimum absolute atomic E-state index is 0.0908. The molecule has 0 aromatic heterocycles. The average molecular weight is 260 g/mol. The first-order valence-corrected chi connectivity index (χ1v) is 7.49. The van der Waals surface area contributed by atoms with Crippen LogP contribution in [0.25, 0.3) is 0 Å². The Balaban J connectivity index is 2.91. The van der Waals surface area contributed by atoms with Gasteiger partial charge in [0.2, 0.25) is 0 Å². The first-order chi connectivity index (χ1) is 7.93. The minimum atomic E-state index is -0.913. The summed E-state index contributed by atoms with van der Waals surface area (Å²) < 4.78 is 5.12. The van der Waals surface area contributed by atoms with Gasteiger partial charge in [0.05, 0.1) is 18.1 Å². The van der Waals surface area contributed by atoms with E-state index in [0.717, 1.165) is 12.2 Å². The van der Waals surface area contributed by atoms with Crippen LogP contribution >= 0.6 is 11.8 Å². The third-order valence-corrected chi connectivity index (χ3v) is 4.97. The van der Waals surface area contributed by atoms with Crippen molar-refractivity contribution in [2.75, 3.05) is 12.4 Å². The van der Waals surface area contributed by atoms with E-state index in [1.165, 1.54) is 0 Å². The van der Waals surface area contributed by atoms with E-state index >= 15 is 0 Å². The number of carbonyl (C=O) groups is 1. The Kier molecular flexibility index (Phi) is 5.32. The summed E-state index contributed by atoms with van der Waals surface area (Å²) in [6.45, 7) is 8.15. The molecule has 17 heavy (non-hydrogen) atoms. The first-order valence-electron chi connectivity index (χ1n) is 6.44. The number of rotatable bonds is 4. The number of hydrogen-bond donors (Lipinski definition) is 1. The van der Waals surface area contributed by atoms with Crippen LogP contribution < -0.4 is 0 Å². The second-order valence-corrected chi connectivity index (χ2v) is 6.53. The smallest absolute Gasteiger partial charge is 0.312 e. The standard InChI is InChI=1S/C13H24O3S/c1-5-16-12(14)11(9(2)3)13(15)7-6-8-17-10(13)4/h9-11,15H,5-8H2,1-4H3. The Morgan fingerprint density at radius 1 is 1.59 bits per heavy atom. The molecular weight excluding hydrogens is 236 g/mol. The summed E-state index contributed by atoms with van der Waals surface area (Å²) in [5.41, 5.74) is -0.913. The Morgan fingerprint density at radius 3 is 2.71 bits per heavy atom. The fourth-order valence-electron chi connectivity index (χ4n) is 2.66. The number of aliphatic hydroxyl groups is 1. The van der Waals surface area contributed by atoms with E-state index < -0.39 is 11.5 Å². The van der Waals surface area contributed by atoms with Gasteiger partial charge in [-0.1, -0.05) is 20.8 Å². The third kappa shape index (κ3) is 3.16. The lowest BCUT2D eigenvalue weighted by atomic mass is 9.75. The molecule has 0 aromatic rings. The molecular formula is C13H24O3S. The minimum Gasteiger partial charge on any atom is -0.466 e. The maximum atomic E-state index is 12.0. The van der Waals surface area contributed by atoms with Crippen LogP contribution in [-0.4, -0.2) is 34.3 Å². The highest BCUT2D eigenvalue weighted by Gasteiger charge is 2.49. The van der Waals surface area contributed by atoms with Crippen molar-refractivity contribution in [2.45, 2.75) is 51.4 Å². The fourth-order valence-corrected chi connectivity index (χ4v) is 3.87. The Labute approximate surface area is 108 Å². The second-order valence-electron chi connectivity index (χ2n) is 5.08. The van der Waals surface area contributed by atoms with Crippen molar-refractivity contribution < 1.29 is 14.6 Å². The number of hydrogen-bond acceptors (Lipinski definition) is 4. The summed E-state index contributed by atoms with van der Waals surface area (Å²) in [7, 11) is 0. The molecule has 3 unspecified atom stereocenters. The lowest BCUT2D eigenvalue weighted by molar-refractivity contribution is -0.162. The van der Waals surface area contributed by atoms with Crippen LogP contribution in [-0.2, 0) is 9.53 Å². The molecule has 3 nitrogen and oxygen atoms in total. The SMILES string of the molecule is CCOC(=O)C(C(C)C)C1(O)CCCSC1C. The van der Waals surface area contributed by atoms with Gasteiger partial charge in [0.15, 0.2) is 0 Å². The maximum absolute atomic E-state index is 12.0. The largest absolute Gasteiger partial charge is 0.466 e. The number of esters is 1. The van der Waals surface area contributed by atoms with Gasteiger partial charge in [-0.05, 0) is 31.4 Å². The molecule has 3 atom stereocenters. The number of ether oxygens (including phenoxy) is 1. The molecule has 0 saturated carbocycles. The number of carbonyl (C=O) groups excluding carboxylic acids is 1. The van der Waals surface area contributed by atoms with Gasteiger partial charge in [0.1, 0.15) is 0 Å². The molecule has 1 saturated heterocycles. The van der Waals surface area contributed by atoms with Crippen molar-refractivity contribution in [3.05, 3.63) is 0 Å². The van der Waals surface area contributed by atoms with Crippen LogP contribution in [0.3, 0.4) is 0 Å². The summed E-state index contributed by atoms with van der Waals surface area (Å²) in [5, 5.41) is 10.9. The van der Waals surface area contributed by atoms with E-state index in [1.54, 1.807) is 18.7 Å². The lowest BCUT2D eigenvalue weighted by Gasteiger charge is -2.43. The summed E-state index contributed by atoms with van der Waals surface area (Å²) in [5.74, 6) is 0.502. The third-order valence-electron chi connectivity index (χ3n) is 3.54. The highest BCUT2D eigenvalue weighted by Crippen LogP contribution is 2.42. The van der Waals surface area contributed by atoms with Crippen molar-refractivity contribution in [3.8, 4) is 0 Å². The topological polar surface area (TPSA) is 46.5 Å². The molecule has 0 aliphatic carbocycles. The predicted octanol–water partition coefficient (Wildman–Crippen LogP) is 2.47. The van der Waals surface area contributed by atoms with Gasteiger partial charge in [0, 0.05) is 5.25 Å². The van der Waals surface area contributed by atoms with Gasteiger partial charge in [-0.15, -0.1) is 0 Å². The Hall–Kier alpha value is -0.220. The quantitative estimate of drug-likeness (QED) is 0.789. The molecule has 1 N–H and O–H groups in total. The van der Waals surface area contributed by atoms with Crippen LogP contribution in [0.15, 0.2) is 0 Å². The van der Waals surface area contributed by atoms with Crippen molar-refractivity contribution >= 4 is 17.7 Å². The first kappa shape index (κ1) is 14.8.